The summed E-state index contributed by atoms with van der Waals surface area (Å²) in [5, 5.41) is 3.38. The molecular formula is C13H19NO2. The van der Waals surface area contributed by atoms with E-state index in [1.807, 2.05) is 19.9 Å². The highest BCUT2D eigenvalue weighted by molar-refractivity contribution is 5.14. The van der Waals surface area contributed by atoms with E-state index in [0.29, 0.717) is 6.61 Å². The normalized spacial score (nSPS) is 23.5. The first-order chi connectivity index (χ1) is 7.66. The molecule has 1 fully saturated rings. The summed E-state index contributed by atoms with van der Waals surface area (Å²) in [4.78, 5) is 0. The highest BCUT2D eigenvalue weighted by Crippen LogP contribution is 2.21. The van der Waals surface area contributed by atoms with Gasteiger partial charge in [-0.05, 0) is 19.4 Å². The minimum Gasteiger partial charge on any atom is -0.348 e. The van der Waals surface area contributed by atoms with Crippen molar-refractivity contribution >= 4 is 0 Å². The van der Waals surface area contributed by atoms with Crippen LogP contribution in [0.3, 0.4) is 0 Å². The number of hydrogen-bond acceptors (Lipinski definition) is 3. The Morgan fingerprint density at radius 3 is 2.69 bits per heavy atom. The molecule has 1 atom stereocenters. The molecule has 1 N–H and O–H groups in total. The highest BCUT2D eigenvalue weighted by atomic mass is 16.7. The molecule has 3 nitrogen and oxygen atoms in total. The van der Waals surface area contributed by atoms with Crippen molar-refractivity contribution in [3.8, 4) is 0 Å². The van der Waals surface area contributed by atoms with Crippen LogP contribution in [0.5, 0.6) is 0 Å². The Kier molecular flexibility index (Phi) is 3.59. The average molecular weight is 221 g/mol. The lowest BCUT2D eigenvalue weighted by molar-refractivity contribution is -0.137. The largest absolute Gasteiger partial charge is 0.348 e. The molecule has 1 aliphatic heterocycles. The second-order valence-corrected chi connectivity index (χ2v) is 4.57. The Hall–Kier alpha value is -0.900. The molecular weight excluding hydrogens is 202 g/mol. The number of rotatable bonds is 4. The molecule has 2 rings (SSSR count). The van der Waals surface area contributed by atoms with E-state index >= 15 is 0 Å². The number of nitrogens with one attached hydrogen (secondary N) is 1. The van der Waals surface area contributed by atoms with Crippen LogP contribution in [0, 0.1) is 0 Å². The molecule has 0 bridgehead atoms. The predicted molar refractivity (Wildman–Crippen MR) is 63.1 cm³/mol. The third-order valence-electron chi connectivity index (χ3n) is 2.61. The van der Waals surface area contributed by atoms with Gasteiger partial charge in [-0.3, -0.25) is 0 Å². The van der Waals surface area contributed by atoms with Crippen LogP contribution < -0.4 is 5.32 Å². The van der Waals surface area contributed by atoms with E-state index in [2.05, 4.69) is 29.6 Å². The molecule has 0 radical (unpaired) electrons. The fourth-order valence-electron chi connectivity index (χ4n) is 1.84. The fourth-order valence-corrected chi connectivity index (χ4v) is 1.84. The second-order valence-electron chi connectivity index (χ2n) is 4.57. The van der Waals surface area contributed by atoms with E-state index in [-0.39, 0.29) is 6.10 Å². The highest BCUT2D eigenvalue weighted by Gasteiger charge is 2.32. The van der Waals surface area contributed by atoms with Crippen molar-refractivity contribution in [3.63, 3.8) is 0 Å². The van der Waals surface area contributed by atoms with Gasteiger partial charge in [0.25, 0.3) is 0 Å². The summed E-state index contributed by atoms with van der Waals surface area (Å²) < 4.78 is 11.2. The number of hydrogen-bond donors (Lipinski definition) is 1. The van der Waals surface area contributed by atoms with E-state index in [0.717, 1.165) is 13.1 Å². The fraction of sp³-hybridized carbons (Fsp3) is 0.538. The topological polar surface area (TPSA) is 30.5 Å². The molecule has 1 heterocycles. The van der Waals surface area contributed by atoms with Crippen molar-refractivity contribution in [3.05, 3.63) is 35.9 Å². The van der Waals surface area contributed by atoms with Crippen molar-refractivity contribution in [1.29, 1.82) is 0 Å². The summed E-state index contributed by atoms with van der Waals surface area (Å²) >= 11 is 0. The van der Waals surface area contributed by atoms with Gasteiger partial charge in [-0.1, -0.05) is 30.3 Å². The Bertz CT molecular complexity index is 324. The van der Waals surface area contributed by atoms with Crippen LogP contribution in [0.25, 0.3) is 0 Å². The van der Waals surface area contributed by atoms with Crippen molar-refractivity contribution in [1.82, 2.24) is 5.32 Å². The molecule has 1 aromatic carbocycles. The first kappa shape index (κ1) is 11.6. The Morgan fingerprint density at radius 1 is 1.31 bits per heavy atom. The van der Waals surface area contributed by atoms with E-state index in [4.69, 9.17) is 9.47 Å². The monoisotopic (exact) mass is 221 g/mol. The molecule has 0 aromatic heterocycles. The first-order valence-electron chi connectivity index (χ1n) is 5.72. The molecule has 0 amide bonds. The quantitative estimate of drug-likeness (QED) is 0.842. The van der Waals surface area contributed by atoms with Gasteiger partial charge in [0, 0.05) is 13.1 Å². The van der Waals surface area contributed by atoms with Gasteiger partial charge in [-0.25, -0.2) is 0 Å². The van der Waals surface area contributed by atoms with Crippen molar-refractivity contribution < 1.29 is 9.47 Å². The molecule has 1 unspecified atom stereocenters. The van der Waals surface area contributed by atoms with Gasteiger partial charge in [0.15, 0.2) is 5.79 Å². The van der Waals surface area contributed by atoms with Crippen LogP contribution in [-0.2, 0) is 16.0 Å². The van der Waals surface area contributed by atoms with Crippen molar-refractivity contribution in [2.75, 3.05) is 13.2 Å². The maximum absolute atomic E-state index is 5.70. The molecule has 1 saturated heterocycles. The Morgan fingerprint density at radius 2 is 2.06 bits per heavy atom. The average Bonchev–Trinajstić information content (AvgIpc) is 2.60. The van der Waals surface area contributed by atoms with Gasteiger partial charge in [-0.15, -0.1) is 0 Å². The van der Waals surface area contributed by atoms with Crippen molar-refractivity contribution in [2.24, 2.45) is 0 Å². The summed E-state index contributed by atoms with van der Waals surface area (Å²) in [6.45, 7) is 6.28. The van der Waals surface area contributed by atoms with Crippen LogP contribution in [0.4, 0.5) is 0 Å². The van der Waals surface area contributed by atoms with Gasteiger partial charge < -0.3 is 14.8 Å². The van der Waals surface area contributed by atoms with E-state index in [1.165, 1.54) is 5.56 Å². The zero-order chi connectivity index (χ0) is 11.4. The lowest BCUT2D eigenvalue weighted by Crippen LogP contribution is -2.30. The van der Waals surface area contributed by atoms with Crippen LogP contribution in [0.2, 0.25) is 0 Å². The standard InChI is InChI=1S/C13H19NO2/c1-13(2)15-10-12(16-13)9-14-8-11-6-4-3-5-7-11/h3-7,12,14H,8-10H2,1-2H3. The minimum absolute atomic E-state index is 0.165. The van der Waals surface area contributed by atoms with Gasteiger partial charge in [0.2, 0.25) is 0 Å². The summed E-state index contributed by atoms with van der Waals surface area (Å²) in [7, 11) is 0. The van der Waals surface area contributed by atoms with Crippen molar-refractivity contribution in [2.45, 2.75) is 32.3 Å². The maximum atomic E-state index is 5.70. The molecule has 1 aromatic rings. The lowest BCUT2D eigenvalue weighted by Gasteiger charge is -2.17. The number of ether oxygens (including phenoxy) is 2. The molecule has 3 heteroatoms. The summed E-state index contributed by atoms with van der Waals surface area (Å²) in [5.74, 6) is -0.418. The third kappa shape index (κ3) is 3.30. The minimum atomic E-state index is -0.418. The lowest BCUT2D eigenvalue weighted by atomic mass is 10.2. The number of benzene rings is 1. The Balaban J connectivity index is 1.70. The molecule has 0 spiro atoms. The SMILES string of the molecule is CC1(C)OCC(CNCc2ccccc2)O1. The van der Waals surface area contributed by atoms with Crippen LogP contribution >= 0.6 is 0 Å². The zero-order valence-corrected chi connectivity index (χ0v) is 9.90. The maximum Gasteiger partial charge on any atom is 0.163 e. The molecule has 0 aliphatic carbocycles. The summed E-state index contributed by atoms with van der Waals surface area (Å²) in [6, 6.07) is 10.4. The van der Waals surface area contributed by atoms with E-state index < -0.39 is 5.79 Å². The molecule has 88 valence electrons. The third-order valence-corrected chi connectivity index (χ3v) is 2.61. The van der Waals surface area contributed by atoms with Gasteiger partial charge in [0.05, 0.1) is 12.7 Å². The summed E-state index contributed by atoms with van der Waals surface area (Å²) in [6.07, 6.45) is 0.165. The molecule has 1 aliphatic rings. The predicted octanol–water partition coefficient (Wildman–Crippen LogP) is 1.93. The van der Waals surface area contributed by atoms with Crippen LogP contribution in [0.1, 0.15) is 19.4 Å². The smallest absolute Gasteiger partial charge is 0.163 e. The van der Waals surface area contributed by atoms with Gasteiger partial charge in [-0.2, -0.15) is 0 Å². The summed E-state index contributed by atoms with van der Waals surface area (Å²) in [5.41, 5.74) is 1.29. The molecule has 0 saturated carbocycles. The second kappa shape index (κ2) is 4.95. The van der Waals surface area contributed by atoms with Gasteiger partial charge in [0.1, 0.15) is 0 Å². The van der Waals surface area contributed by atoms with Crippen LogP contribution in [0.15, 0.2) is 30.3 Å². The first-order valence-corrected chi connectivity index (χ1v) is 5.72. The van der Waals surface area contributed by atoms with E-state index in [1.54, 1.807) is 0 Å². The van der Waals surface area contributed by atoms with E-state index in [9.17, 15) is 0 Å². The molecule has 16 heavy (non-hydrogen) atoms. The zero-order valence-electron chi connectivity index (χ0n) is 9.90. The van der Waals surface area contributed by atoms with Gasteiger partial charge >= 0.3 is 0 Å². The van der Waals surface area contributed by atoms with Crippen LogP contribution in [-0.4, -0.2) is 25.0 Å². The Labute approximate surface area is 96.8 Å².